The number of anilines is 1. The van der Waals surface area contributed by atoms with Crippen LogP contribution in [0.15, 0.2) is 88.3 Å². The first-order valence-corrected chi connectivity index (χ1v) is 8.16. The number of rotatable bonds is 3. The molecule has 0 aliphatic rings. The molecule has 4 nitrogen and oxygen atoms in total. The predicted octanol–water partition coefficient (Wildman–Crippen LogP) is 4.27. The topological polar surface area (TPSA) is 73.3 Å². The molecule has 0 unspecified atom stereocenters. The summed E-state index contributed by atoms with van der Waals surface area (Å²) in [4.78, 5) is 25.6. The second-order valence-electron chi connectivity index (χ2n) is 5.94. The van der Waals surface area contributed by atoms with Gasteiger partial charge >= 0.3 is 0 Å². The van der Waals surface area contributed by atoms with Gasteiger partial charge in [0.1, 0.15) is 0 Å². The van der Waals surface area contributed by atoms with Gasteiger partial charge in [0.2, 0.25) is 0 Å². The fraction of sp³-hybridized carbons (Fsp3) is 0. The zero-order valence-corrected chi connectivity index (χ0v) is 13.8. The van der Waals surface area contributed by atoms with Crippen molar-refractivity contribution in [1.29, 1.82) is 0 Å². The first-order valence-electron chi connectivity index (χ1n) is 8.16. The number of benzene rings is 3. The number of nitrogen functional groups attached to an aromatic ring is 1. The second-order valence-corrected chi connectivity index (χ2v) is 5.94. The van der Waals surface area contributed by atoms with Gasteiger partial charge in [0.15, 0.2) is 16.8 Å². The Morgan fingerprint density at radius 3 is 2.23 bits per heavy atom. The van der Waals surface area contributed by atoms with Crippen LogP contribution in [0.2, 0.25) is 0 Å². The summed E-state index contributed by atoms with van der Waals surface area (Å²) in [6.45, 7) is 0. The van der Waals surface area contributed by atoms with Crippen molar-refractivity contribution in [2.45, 2.75) is 0 Å². The smallest absolute Gasteiger partial charge is 0.198 e. The molecule has 4 aromatic rings. The van der Waals surface area contributed by atoms with Crippen LogP contribution in [0.1, 0.15) is 15.9 Å². The highest BCUT2D eigenvalue weighted by Crippen LogP contribution is 2.34. The van der Waals surface area contributed by atoms with E-state index in [2.05, 4.69) is 0 Å². The van der Waals surface area contributed by atoms with Crippen LogP contribution in [0.3, 0.4) is 0 Å². The Balaban J connectivity index is 2.06. The molecule has 1 heterocycles. The van der Waals surface area contributed by atoms with Gasteiger partial charge in [-0.05, 0) is 17.2 Å². The van der Waals surface area contributed by atoms with E-state index >= 15 is 0 Å². The molecular formula is C22H15NO3. The lowest BCUT2D eigenvalue weighted by molar-refractivity contribution is 0.104. The summed E-state index contributed by atoms with van der Waals surface area (Å²) in [5.41, 5.74) is 8.69. The minimum absolute atomic E-state index is 0.212. The zero-order valence-electron chi connectivity index (χ0n) is 13.8. The highest BCUT2D eigenvalue weighted by molar-refractivity contribution is 6.20. The van der Waals surface area contributed by atoms with E-state index in [0.29, 0.717) is 16.5 Å². The van der Waals surface area contributed by atoms with Crippen LogP contribution in [0, 0.1) is 0 Å². The van der Waals surface area contributed by atoms with Crippen LogP contribution in [0.25, 0.3) is 22.1 Å². The third-order valence-electron chi connectivity index (χ3n) is 4.31. The van der Waals surface area contributed by atoms with E-state index in [0.717, 1.165) is 5.56 Å². The highest BCUT2D eigenvalue weighted by atomic mass is 16.3. The van der Waals surface area contributed by atoms with Crippen LogP contribution in [0.4, 0.5) is 5.69 Å². The van der Waals surface area contributed by atoms with E-state index in [1.165, 1.54) is 12.3 Å². The molecule has 0 spiro atoms. The number of hydrogen-bond acceptors (Lipinski definition) is 4. The van der Waals surface area contributed by atoms with E-state index in [-0.39, 0.29) is 28.0 Å². The predicted molar refractivity (Wildman–Crippen MR) is 102 cm³/mol. The maximum atomic E-state index is 13.0. The van der Waals surface area contributed by atoms with Crippen molar-refractivity contribution in [2.24, 2.45) is 0 Å². The largest absolute Gasteiger partial charge is 0.463 e. The van der Waals surface area contributed by atoms with Gasteiger partial charge in [-0.15, -0.1) is 0 Å². The molecule has 0 saturated heterocycles. The molecule has 0 fully saturated rings. The maximum absolute atomic E-state index is 13.0. The van der Waals surface area contributed by atoms with Crippen LogP contribution < -0.4 is 11.2 Å². The van der Waals surface area contributed by atoms with Crippen LogP contribution >= 0.6 is 0 Å². The molecule has 126 valence electrons. The molecule has 4 rings (SSSR count). The fourth-order valence-corrected chi connectivity index (χ4v) is 3.10. The lowest BCUT2D eigenvalue weighted by Crippen LogP contribution is -2.10. The molecular weight excluding hydrogens is 326 g/mol. The van der Waals surface area contributed by atoms with E-state index < -0.39 is 0 Å². The Labute approximate surface area is 149 Å². The number of carbonyl (C=O) groups is 1. The zero-order chi connectivity index (χ0) is 18.1. The first-order chi connectivity index (χ1) is 12.7. The minimum atomic E-state index is -0.276. The summed E-state index contributed by atoms with van der Waals surface area (Å²) in [6.07, 6.45) is 1.29. The van der Waals surface area contributed by atoms with Crippen molar-refractivity contribution < 1.29 is 9.21 Å². The van der Waals surface area contributed by atoms with E-state index in [1.54, 1.807) is 30.3 Å². The van der Waals surface area contributed by atoms with Crippen molar-refractivity contribution in [3.8, 4) is 11.1 Å². The van der Waals surface area contributed by atoms with Crippen molar-refractivity contribution in [3.63, 3.8) is 0 Å². The first kappa shape index (κ1) is 15.8. The molecule has 0 amide bonds. The van der Waals surface area contributed by atoms with Gasteiger partial charge in [-0.1, -0.05) is 60.7 Å². The van der Waals surface area contributed by atoms with Crippen LogP contribution in [-0.4, -0.2) is 5.78 Å². The normalized spacial score (nSPS) is 10.8. The Kier molecular flexibility index (Phi) is 3.86. The summed E-state index contributed by atoms with van der Waals surface area (Å²) in [5.74, 6) is -0.276. The molecule has 26 heavy (non-hydrogen) atoms. The summed E-state index contributed by atoms with van der Waals surface area (Å²) < 4.78 is 5.61. The Morgan fingerprint density at radius 2 is 1.54 bits per heavy atom. The quantitative estimate of drug-likeness (QED) is 0.446. The molecule has 1 aromatic heterocycles. The highest BCUT2D eigenvalue weighted by Gasteiger charge is 2.22. The molecule has 0 aliphatic carbocycles. The Bertz CT molecular complexity index is 1160. The number of fused-ring (bicyclic) bond motifs is 1. The van der Waals surface area contributed by atoms with Gasteiger partial charge in [0, 0.05) is 17.3 Å². The van der Waals surface area contributed by atoms with Gasteiger partial charge in [0.05, 0.1) is 17.2 Å². The summed E-state index contributed by atoms with van der Waals surface area (Å²) >= 11 is 0. The molecule has 0 aliphatic heterocycles. The van der Waals surface area contributed by atoms with Crippen LogP contribution in [-0.2, 0) is 0 Å². The van der Waals surface area contributed by atoms with Gasteiger partial charge in [-0.3, -0.25) is 9.59 Å². The summed E-state index contributed by atoms with van der Waals surface area (Å²) in [7, 11) is 0. The Hall–Kier alpha value is -3.66. The molecule has 0 bridgehead atoms. The average Bonchev–Trinajstić information content (AvgIpc) is 2.68. The van der Waals surface area contributed by atoms with Crippen molar-refractivity contribution in [1.82, 2.24) is 0 Å². The lowest BCUT2D eigenvalue weighted by atomic mass is 9.93. The second kappa shape index (κ2) is 6.33. The van der Waals surface area contributed by atoms with Crippen LogP contribution in [0.5, 0.6) is 0 Å². The SMILES string of the molecule is Nc1cc(-c2ccccc2)c2c(=O)ccoc2c1C(=O)c1ccccc1. The standard InChI is InChI=1S/C22H15NO3/c23-17-13-16(14-7-3-1-4-8-14)19-18(24)11-12-26-22(19)20(17)21(25)15-9-5-2-6-10-15/h1-13H,23H2. The molecule has 4 heteroatoms. The van der Waals surface area contributed by atoms with Gasteiger partial charge in [-0.25, -0.2) is 0 Å². The third-order valence-corrected chi connectivity index (χ3v) is 4.31. The van der Waals surface area contributed by atoms with E-state index in [1.807, 2.05) is 36.4 Å². The molecule has 0 radical (unpaired) electrons. The number of hydrogen-bond donors (Lipinski definition) is 1. The van der Waals surface area contributed by atoms with E-state index in [4.69, 9.17) is 10.2 Å². The average molecular weight is 341 g/mol. The molecule has 0 saturated carbocycles. The summed E-state index contributed by atoms with van der Waals surface area (Å²) in [5, 5.41) is 0.354. The molecule has 3 aromatic carbocycles. The van der Waals surface area contributed by atoms with Crippen molar-refractivity contribution in [2.75, 3.05) is 5.73 Å². The minimum Gasteiger partial charge on any atom is -0.463 e. The van der Waals surface area contributed by atoms with Crippen molar-refractivity contribution in [3.05, 3.63) is 100 Å². The molecule has 2 N–H and O–H groups in total. The van der Waals surface area contributed by atoms with Gasteiger partial charge in [-0.2, -0.15) is 0 Å². The van der Waals surface area contributed by atoms with Crippen molar-refractivity contribution >= 4 is 22.4 Å². The Morgan fingerprint density at radius 1 is 0.885 bits per heavy atom. The van der Waals surface area contributed by atoms with Gasteiger partial charge < -0.3 is 10.2 Å². The monoisotopic (exact) mass is 341 g/mol. The number of nitrogens with two attached hydrogens (primary N) is 1. The van der Waals surface area contributed by atoms with E-state index in [9.17, 15) is 9.59 Å². The number of carbonyl (C=O) groups excluding carboxylic acids is 1. The third kappa shape index (κ3) is 2.58. The lowest BCUT2D eigenvalue weighted by Gasteiger charge is -2.12. The number of ketones is 1. The fourth-order valence-electron chi connectivity index (χ4n) is 3.10. The van der Waals surface area contributed by atoms with Gasteiger partial charge in [0.25, 0.3) is 0 Å². The summed E-state index contributed by atoms with van der Waals surface area (Å²) in [6, 6.07) is 21.3. The molecule has 0 atom stereocenters. The maximum Gasteiger partial charge on any atom is 0.198 e.